The number of nitriles is 1. The van der Waals surface area contributed by atoms with E-state index in [0.29, 0.717) is 24.8 Å². The minimum Gasteiger partial charge on any atom is -0.468 e. The lowest BCUT2D eigenvalue weighted by atomic mass is 10.0. The van der Waals surface area contributed by atoms with E-state index in [2.05, 4.69) is 17.2 Å². The number of esters is 1. The maximum absolute atomic E-state index is 11.0. The maximum atomic E-state index is 11.0. The molecule has 0 saturated carbocycles. The summed E-state index contributed by atoms with van der Waals surface area (Å²) in [5.41, 5.74) is 0.687. The van der Waals surface area contributed by atoms with Gasteiger partial charge in [-0.25, -0.2) is 0 Å². The Kier molecular flexibility index (Phi) is 5.90. The molecule has 3 heteroatoms. The molecule has 0 aliphatic carbocycles. The SMILES string of the molecule is C#CC(=C)CCCC(C#N)C(=O)OC. The molecule has 0 fully saturated rings. The van der Waals surface area contributed by atoms with E-state index in [4.69, 9.17) is 11.7 Å². The van der Waals surface area contributed by atoms with E-state index in [9.17, 15) is 4.79 Å². The smallest absolute Gasteiger partial charge is 0.323 e. The fourth-order valence-electron chi connectivity index (χ4n) is 0.969. The van der Waals surface area contributed by atoms with Crippen LogP contribution in [0.2, 0.25) is 0 Å². The van der Waals surface area contributed by atoms with Gasteiger partial charge in [-0.2, -0.15) is 5.26 Å². The summed E-state index contributed by atoms with van der Waals surface area (Å²) in [5.74, 6) is 1.23. The van der Waals surface area contributed by atoms with Crippen molar-refractivity contribution in [2.75, 3.05) is 7.11 Å². The van der Waals surface area contributed by atoms with Crippen LogP contribution in [0.4, 0.5) is 0 Å². The van der Waals surface area contributed by atoms with Gasteiger partial charge in [-0.3, -0.25) is 4.79 Å². The Hall–Kier alpha value is -1.74. The molecule has 0 N–H and O–H groups in total. The molecular formula is C11H13NO2. The summed E-state index contributed by atoms with van der Waals surface area (Å²) in [6.07, 6.45) is 6.88. The molecule has 0 amide bonds. The van der Waals surface area contributed by atoms with Gasteiger partial charge in [0.25, 0.3) is 0 Å². The number of methoxy groups -OCH3 is 1. The second-order valence-electron chi connectivity index (χ2n) is 2.84. The van der Waals surface area contributed by atoms with Crippen molar-refractivity contribution in [2.24, 2.45) is 5.92 Å². The molecule has 0 aliphatic rings. The summed E-state index contributed by atoms with van der Waals surface area (Å²) >= 11 is 0. The van der Waals surface area contributed by atoms with Crippen LogP contribution in [0.1, 0.15) is 19.3 Å². The molecular weight excluding hydrogens is 178 g/mol. The van der Waals surface area contributed by atoms with Gasteiger partial charge < -0.3 is 4.74 Å². The molecule has 0 bridgehead atoms. The molecule has 74 valence electrons. The summed E-state index contributed by atoms with van der Waals surface area (Å²) in [4.78, 5) is 11.0. The zero-order chi connectivity index (χ0) is 11.0. The minimum absolute atomic E-state index is 0.462. The van der Waals surface area contributed by atoms with Crippen LogP contribution in [0, 0.1) is 29.6 Å². The first-order chi connectivity index (χ1) is 6.65. The van der Waals surface area contributed by atoms with Gasteiger partial charge in [0.15, 0.2) is 0 Å². The fraction of sp³-hybridized carbons (Fsp3) is 0.455. The Balaban J connectivity index is 3.88. The second-order valence-corrected chi connectivity index (χ2v) is 2.84. The van der Waals surface area contributed by atoms with Crippen molar-refractivity contribution in [3.8, 4) is 18.4 Å². The number of carbonyl (C=O) groups excluding carboxylic acids is 1. The molecule has 0 saturated heterocycles. The highest BCUT2D eigenvalue weighted by molar-refractivity contribution is 5.74. The van der Waals surface area contributed by atoms with Gasteiger partial charge in [0.2, 0.25) is 0 Å². The molecule has 1 atom stereocenters. The Morgan fingerprint density at radius 3 is 2.79 bits per heavy atom. The highest BCUT2D eigenvalue weighted by Gasteiger charge is 2.17. The molecule has 0 aromatic heterocycles. The van der Waals surface area contributed by atoms with Crippen LogP contribution in [-0.2, 0) is 9.53 Å². The molecule has 0 rings (SSSR count). The van der Waals surface area contributed by atoms with Gasteiger partial charge in [-0.15, -0.1) is 6.42 Å². The largest absolute Gasteiger partial charge is 0.468 e. The van der Waals surface area contributed by atoms with E-state index >= 15 is 0 Å². The van der Waals surface area contributed by atoms with Gasteiger partial charge in [-0.1, -0.05) is 12.5 Å². The standard InChI is InChI=1S/C11H13NO2/c1-4-9(2)6-5-7-10(8-12)11(13)14-3/h1,10H,2,5-7H2,3H3. The number of rotatable bonds is 5. The predicted molar refractivity (Wildman–Crippen MR) is 52.9 cm³/mol. The van der Waals surface area contributed by atoms with Crippen molar-refractivity contribution in [1.29, 1.82) is 5.26 Å². The van der Waals surface area contributed by atoms with E-state index in [0.717, 1.165) is 0 Å². The van der Waals surface area contributed by atoms with Crippen LogP contribution in [-0.4, -0.2) is 13.1 Å². The monoisotopic (exact) mass is 191 g/mol. The normalized spacial score (nSPS) is 10.8. The summed E-state index contributed by atoms with van der Waals surface area (Å²) in [5, 5.41) is 8.64. The van der Waals surface area contributed by atoms with E-state index < -0.39 is 11.9 Å². The number of carbonyl (C=O) groups is 1. The molecule has 0 aromatic carbocycles. The predicted octanol–water partition coefficient (Wildman–Crippen LogP) is 1.66. The third-order valence-electron chi connectivity index (χ3n) is 1.82. The van der Waals surface area contributed by atoms with E-state index in [-0.39, 0.29) is 0 Å². The second kappa shape index (κ2) is 6.74. The third-order valence-corrected chi connectivity index (χ3v) is 1.82. The van der Waals surface area contributed by atoms with Crippen molar-refractivity contribution in [3.05, 3.63) is 12.2 Å². The highest BCUT2D eigenvalue weighted by atomic mass is 16.5. The van der Waals surface area contributed by atoms with Crippen molar-refractivity contribution < 1.29 is 9.53 Å². The number of allylic oxidation sites excluding steroid dienone is 1. The Morgan fingerprint density at radius 1 is 1.71 bits per heavy atom. The quantitative estimate of drug-likeness (QED) is 0.490. The van der Waals surface area contributed by atoms with E-state index in [1.54, 1.807) is 0 Å². The molecule has 0 aliphatic heterocycles. The first-order valence-corrected chi connectivity index (χ1v) is 4.27. The van der Waals surface area contributed by atoms with Crippen LogP contribution in [0.15, 0.2) is 12.2 Å². The molecule has 0 radical (unpaired) electrons. The van der Waals surface area contributed by atoms with Crippen molar-refractivity contribution in [1.82, 2.24) is 0 Å². The summed E-state index contributed by atoms with van der Waals surface area (Å²) in [6.45, 7) is 3.63. The molecule has 3 nitrogen and oxygen atoms in total. The van der Waals surface area contributed by atoms with Crippen LogP contribution < -0.4 is 0 Å². The van der Waals surface area contributed by atoms with Gasteiger partial charge in [0.1, 0.15) is 5.92 Å². The number of terminal acetylenes is 1. The van der Waals surface area contributed by atoms with Crippen molar-refractivity contribution >= 4 is 5.97 Å². The molecule has 1 unspecified atom stereocenters. The molecule has 0 spiro atoms. The summed E-state index contributed by atoms with van der Waals surface area (Å²) in [7, 11) is 1.27. The van der Waals surface area contributed by atoms with Crippen molar-refractivity contribution in [2.45, 2.75) is 19.3 Å². The number of nitrogens with zero attached hydrogens (tertiary/aromatic N) is 1. The van der Waals surface area contributed by atoms with Gasteiger partial charge in [0, 0.05) is 0 Å². The Labute approximate surface area is 84.4 Å². The number of hydrogen-bond acceptors (Lipinski definition) is 3. The van der Waals surface area contributed by atoms with Crippen LogP contribution in [0.25, 0.3) is 0 Å². The van der Waals surface area contributed by atoms with Gasteiger partial charge >= 0.3 is 5.97 Å². The average molecular weight is 191 g/mol. The number of hydrogen-bond donors (Lipinski definition) is 0. The van der Waals surface area contributed by atoms with Gasteiger partial charge in [0.05, 0.1) is 13.2 Å². The van der Waals surface area contributed by atoms with Crippen LogP contribution >= 0.6 is 0 Å². The maximum Gasteiger partial charge on any atom is 0.323 e. The first-order valence-electron chi connectivity index (χ1n) is 4.27. The van der Waals surface area contributed by atoms with Crippen LogP contribution in [0.3, 0.4) is 0 Å². The Bertz CT molecular complexity index is 293. The lowest BCUT2D eigenvalue weighted by Crippen LogP contribution is -2.14. The van der Waals surface area contributed by atoms with E-state index in [1.165, 1.54) is 7.11 Å². The van der Waals surface area contributed by atoms with E-state index in [1.807, 2.05) is 6.07 Å². The minimum atomic E-state index is -0.689. The first kappa shape index (κ1) is 12.3. The van der Waals surface area contributed by atoms with Crippen molar-refractivity contribution in [3.63, 3.8) is 0 Å². The topological polar surface area (TPSA) is 50.1 Å². The zero-order valence-corrected chi connectivity index (χ0v) is 8.25. The highest BCUT2D eigenvalue weighted by Crippen LogP contribution is 2.12. The third kappa shape index (κ3) is 4.33. The van der Waals surface area contributed by atoms with Crippen LogP contribution in [0.5, 0.6) is 0 Å². The lowest BCUT2D eigenvalue weighted by Gasteiger charge is -2.05. The summed E-state index contributed by atoms with van der Waals surface area (Å²) < 4.78 is 4.46. The Morgan fingerprint density at radius 2 is 2.36 bits per heavy atom. The fourth-order valence-corrected chi connectivity index (χ4v) is 0.969. The molecule has 14 heavy (non-hydrogen) atoms. The zero-order valence-electron chi connectivity index (χ0n) is 8.25. The summed E-state index contributed by atoms with van der Waals surface area (Å²) in [6, 6.07) is 1.89. The number of ether oxygens (including phenoxy) is 1. The molecule has 0 heterocycles. The average Bonchev–Trinajstić information content (AvgIpc) is 2.22. The van der Waals surface area contributed by atoms with Gasteiger partial charge in [-0.05, 0) is 24.8 Å². The molecule has 0 aromatic rings. The lowest BCUT2D eigenvalue weighted by molar-refractivity contribution is -0.143.